The molecule has 0 bridgehead atoms. The van der Waals surface area contributed by atoms with Gasteiger partial charge in [0.15, 0.2) is 0 Å². The summed E-state index contributed by atoms with van der Waals surface area (Å²) in [6.07, 6.45) is 0. The van der Waals surface area contributed by atoms with Crippen LogP contribution in [0.15, 0.2) is 42.5 Å². The van der Waals surface area contributed by atoms with E-state index in [2.05, 4.69) is 29.4 Å². The molecule has 27 heavy (non-hydrogen) atoms. The van der Waals surface area contributed by atoms with Crippen LogP contribution >= 0.6 is 0 Å². The van der Waals surface area contributed by atoms with E-state index in [1.165, 1.54) is 0 Å². The van der Waals surface area contributed by atoms with E-state index in [4.69, 9.17) is 4.74 Å². The second kappa shape index (κ2) is 9.62. The Morgan fingerprint density at radius 3 is 2.37 bits per heavy atom. The first-order valence-electron chi connectivity index (χ1n) is 9.06. The van der Waals surface area contributed by atoms with Crippen LogP contribution in [0.5, 0.6) is 5.75 Å². The molecule has 6 nitrogen and oxygen atoms in total. The number of amides is 2. The van der Waals surface area contributed by atoms with Gasteiger partial charge in [-0.2, -0.15) is 0 Å². The highest BCUT2D eigenvalue weighted by atomic mass is 16.5. The van der Waals surface area contributed by atoms with Gasteiger partial charge in [-0.05, 0) is 50.6 Å². The first-order valence-corrected chi connectivity index (χ1v) is 9.06. The van der Waals surface area contributed by atoms with Crippen LogP contribution in [0.1, 0.15) is 25.0 Å². The number of ether oxygens (including phenoxy) is 1. The Hall–Kier alpha value is -3.02. The summed E-state index contributed by atoms with van der Waals surface area (Å²) < 4.78 is 5.24. The molecule has 144 valence electrons. The predicted octanol–water partition coefficient (Wildman–Crippen LogP) is 3.10. The van der Waals surface area contributed by atoms with Crippen molar-refractivity contribution < 1.29 is 14.3 Å². The molecule has 2 aromatic carbocycles. The lowest BCUT2D eigenvalue weighted by Crippen LogP contribution is -2.35. The Morgan fingerprint density at radius 1 is 1.04 bits per heavy atom. The van der Waals surface area contributed by atoms with E-state index in [-0.39, 0.29) is 6.54 Å². The number of hydrogen-bond donors (Lipinski definition) is 2. The Bertz CT molecular complexity index is 801. The van der Waals surface area contributed by atoms with Gasteiger partial charge in [-0.25, -0.2) is 0 Å². The van der Waals surface area contributed by atoms with Crippen LogP contribution in [-0.2, 0) is 16.1 Å². The molecule has 0 aliphatic rings. The predicted molar refractivity (Wildman–Crippen MR) is 108 cm³/mol. The van der Waals surface area contributed by atoms with Crippen LogP contribution in [0.25, 0.3) is 0 Å². The molecule has 0 spiro atoms. The molecule has 0 fully saturated rings. The quantitative estimate of drug-likeness (QED) is 0.736. The molecule has 0 aliphatic carbocycles. The zero-order valence-corrected chi connectivity index (χ0v) is 16.3. The maximum absolute atomic E-state index is 12.2. The van der Waals surface area contributed by atoms with Gasteiger partial charge in [0.05, 0.1) is 7.11 Å². The fraction of sp³-hybridized carbons (Fsp3) is 0.333. The zero-order valence-electron chi connectivity index (χ0n) is 16.3. The normalized spacial score (nSPS) is 10.2. The molecule has 0 saturated heterocycles. The molecular formula is C21H27N3O3. The third-order valence-corrected chi connectivity index (χ3v) is 4.42. The SMILES string of the molecule is CCN(CC)c1ccc(NC(=O)C(=O)NCc2ccccc2OC)c(C)c1. The van der Waals surface area contributed by atoms with E-state index < -0.39 is 11.8 Å². The number of carbonyl (C=O) groups is 2. The first-order chi connectivity index (χ1) is 13.0. The molecule has 2 rings (SSSR count). The van der Waals surface area contributed by atoms with E-state index >= 15 is 0 Å². The summed E-state index contributed by atoms with van der Waals surface area (Å²) in [7, 11) is 1.57. The van der Waals surface area contributed by atoms with E-state index in [0.29, 0.717) is 11.4 Å². The maximum atomic E-state index is 12.2. The van der Waals surface area contributed by atoms with Crippen molar-refractivity contribution in [2.24, 2.45) is 0 Å². The Morgan fingerprint density at radius 2 is 1.74 bits per heavy atom. The van der Waals surface area contributed by atoms with Crippen molar-refractivity contribution in [2.75, 3.05) is 30.4 Å². The van der Waals surface area contributed by atoms with Crippen LogP contribution in [0.2, 0.25) is 0 Å². The number of nitrogens with one attached hydrogen (secondary N) is 2. The minimum atomic E-state index is -0.691. The number of nitrogens with zero attached hydrogens (tertiary/aromatic N) is 1. The number of benzene rings is 2. The third-order valence-electron chi connectivity index (χ3n) is 4.42. The highest BCUT2D eigenvalue weighted by Crippen LogP contribution is 2.22. The molecule has 2 amide bonds. The summed E-state index contributed by atoms with van der Waals surface area (Å²) in [4.78, 5) is 26.6. The molecule has 0 unspecified atom stereocenters. The third kappa shape index (κ3) is 5.23. The summed E-state index contributed by atoms with van der Waals surface area (Å²) in [5.74, 6) is -0.710. The number of carbonyl (C=O) groups excluding carboxylic acids is 2. The van der Waals surface area contributed by atoms with E-state index in [9.17, 15) is 9.59 Å². The van der Waals surface area contributed by atoms with Crippen molar-refractivity contribution in [1.29, 1.82) is 0 Å². The number of para-hydroxylation sites is 1. The Kier molecular flexibility index (Phi) is 7.23. The molecule has 0 atom stereocenters. The summed E-state index contributed by atoms with van der Waals surface area (Å²) in [5.41, 5.74) is 3.44. The minimum Gasteiger partial charge on any atom is -0.496 e. The first kappa shape index (κ1) is 20.3. The van der Waals surface area contributed by atoms with Gasteiger partial charge >= 0.3 is 11.8 Å². The van der Waals surface area contributed by atoms with Gasteiger partial charge in [0.25, 0.3) is 0 Å². The molecule has 2 N–H and O–H groups in total. The zero-order chi connectivity index (χ0) is 19.8. The monoisotopic (exact) mass is 369 g/mol. The van der Waals surface area contributed by atoms with Gasteiger partial charge < -0.3 is 20.3 Å². The summed E-state index contributed by atoms with van der Waals surface area (Å²) in [6, 6.07) is 13.1. The molecule has 0 aliphatic heterocycles. The number of rotatable bonds is 7. The number of methoxy groups -OCH3 is 1. The number of anilines is 2. The molecule has 6 heteroatoms. The Labute approximate surface area is 160 Å². The lowest BCUT2D eigenvalue weighted by molar-refractivity contribution is -0.136. The van der Waals surface area contributed by atoms with E-state index in [1.54, 1.807) is 7.11 Å². The summed E-state index contributed by atoms with van der Waals surface area (Å²) in [5, 5.41) is 5.30. The fourth-order valence-electron chi connectivity index (χ4n) is 2.86. The van der Waals surface area contributed by atoms with Crippen molar-refractivity contribution in [3.05, 3.63) is 53.6 Å². The van der Waals surface area contributed by atoms with Crippen LogP contribution in [0.4, 0.5) is 11.4 Å². The molecule has 0 aromatic heterocycles. The van der Waals surface area contributed by atoms with Gasteiger partial charge in [-0.3, -0.25) is 9.59 Å². The summed E-state index contributed by atoms with van der Waals surface area (Å²) in [6.45, 7) is 8.15. The standard InChI is InChI=1S/C21H27N3O3/c1-5-24(6-2)17-11-12-18(15(3)13-17)23-21(26)20(25)22-14-16-9-7-8-10-19(16)27-4/h7-13H,5-6,14H2,1-4H3,(H,22,25)(H,23,26). The average Bonchev–Trinajstić information content (AvgIpc) is 2.69. The second-order valence-electron chi connectivity index (χ2n) is 6.12. The van der Waals surface area contributed by atoms with Crippen molar-refractivity contribution in [3.8, 4) is 5.75 Å². The van der Waals surface area contributed by atoms with Crippen LogP contribution in [-0.4, -0.2) is 32.0 Å². The maximum Gasteiger partial charge on any atom is 0.313 e. The minimum absolute atomic E-state index is 0.218. The van der Waals surface area contributed by atoms with Gasteiger partial charge in [-0.1, -0.05) is 18.2 Å². The van der Waals surface area contributed by atoms with Gasteiger partial charge in [-0.15, -0.1) is 0 Å². The molecular weight excluding hydrogens is 342 g/mol. The largest absolute Gasteiger partial charge is 0.496 e. The van der Waals surface area contributed by atoms with E-state index in [1.807, 2.05) is 49.4 Å². The Balaban J connectivity index is 1.99. The average molecular weight is 369 g/mol. The highest BCUT2D eigenvalue weighted by Gasteiger charge is 2.15. The molecule has 2 aromatic rings. The topological polar surface area (TPSA) is 70.7 Å². The highest BCUT2D eigenvalue weighted by molar-refractivity contribution is 6.39. The molecule has 0 saturated carbocycles. The van der Waals surface area contributed by atoms with Crippen molar-refractivity contribution in [1.82, 2.24) is 5.32 Å². The van der Waals surface area contributed by atoms with Crippen LogP contribution in [0, 0.1) is 6.92 Å². The van der Waals surface area contributed by atoms with Crippen molar-refractivity contribution in [3.63, 3.8) is 0 Å². The fourth-order valence-corrected chi connectivity index (χ4v) is 2.86. The smallest absolute Gasteiger partial charge is 0.313 e. The number of aryl methyl sites for hydroxylation is 1. The lowest BCUT2D eigenvalue weighted by atomic mass is 10.1. The van der Waals surface area contributed by atoms with Crippen molar-refractivity contribution >= 4 is 23.2 Å². The van der Waals surface area contributed by atoms with Crippen LogP contribution in [0.3, 0.4) is 0 Å². The van der Waals surface area contributed by atoms with Gasteiger partial charge in [0.1, 0.15) is 5.75 Å². The lowest BCUT2D eigenvalue weighted by Gasteiger charge is -2.22. The van der Waals surface area contributed by atoms with Crippen LogP contribution < -0.4 is 20.3 Å². The van der Waals surface area contributed by atoms with Crippen molar-refractivity contribution in [2.45, 2.75) is 27.3 Å². The number of hydrogen-bond acceptors (Lipinski definition) is 4. The van der Waals surface area contributed by atoms with Gasteiger partial charge in [0.2, 0.25) is 0 Å². The van der Waals surface area contributed by atoms with Gasteiger partial charge in [0, 0.05) is 36.6 Å². The molecule has 0 radical (unpaired) electrons. The van der Waals surface area contributed by atoms with E-state index in [0.717, 1.165) is 29.9 Å². The molecule has 0 heterocycles. The second-order valence-corrected chi connectivity index (χ2v) is 6.12. The summed E-state index contributed by atoms with van der Waals surface area (Å²) >= 11 is 0.